The zero-order valence-electron chi connectivity index (χ0n) is 11.0. The predicted molar refractivity (Wildman–Crippen MR) is 74.5 cm³/mol. The highest BCUT2D eigenvalue weighted by molar-refractivity contribution is 7.09. The molecule has 1 atom stereocenters. The molecule has 1 aromatic heterocycles. The number of hydrogen-bond donors (Lipinski definition) is 1. The van der Waals surface area contributed by atoms with E-state index >= 15 is 0 Å². The van der Waals surface area contributed by atoms with Crippen molar-refractivity contribution in [2.45, 2.75) is 51.0 Å². The number of nitrogens with two attached hydrogens (primary N) is 1. The van der Waals surface area contributed by atoms with Gasteiger partial charge in [0.2, 0.25) is 0 Å². The first-order chi connectivity index (χ1) is 8.70. The van der Waals surface area contributed by atoms with E-state index in [2.05, 4.69) is 5.38 Å². The van der Waals surface area contributed by atoms with Gasteiger partial charge in [0, 0.05) is 17.3 Å². The van der Waals surface area contributed by atoms with Crippen LogP contribution in [0.3, 0.4) is 0 Å². The Hall–Kier alpha value is -0.410. The summed E-state index contributed by atoms with van der Waals surface area (Å²) in [5.74, 6) is 4.75. The molecule has 0 spiro atoms. The molecule has 4 bridgehead atoms. The van der Waals surface area contributed by atoms with Crippen LogP contribution in [-0.2, 0) is 0 Å². The van der Waals surface area contributed by atoms with Crippen LogP contribution < -0.4 is 5.73 Å². The van der Waals surface area contributed by atoms with E-state index in [1.165, 1.54) is 37.1 Å². The molecule has 2 nitrogen and oxygen atoms in total. The molecular weight excluding hydrogens is 240 g/mol. The first-order valence-corrected chi connectivity index (χ1v) is 8.29. The van der Waals surface area contributed by atoms with E-state index in [0.717, 1.165) is 35.3 Å². The predicted octanol–water partition coefficient (Wildman–Crippen LogP) is 3.70. The van der Waals surface area contributed by atoms with Crippen molar-refractivity contribution in [2.24, 2.45) is 29.4 Å². The summed E-state index contributed by atoms with van der Waals surface area (Å²) in [6.45, 7) is 2.04. The van der Waals surface area contributed by atoms with Crippen LogP contribution in [-0.4, -0.2) is 4.98 Å². The minimum Gasteiger partial charge on any atom is -0.323 e. The van der Waals surface area contributed by atoms with Gasteiger partial charge in [0.05, 0.1) is 10.7 Å². The van der Waals surface area contributed by atoms with E-state index in [9.17, 15) is 0 Å². The van der Waals surface area contributed by atoms with Gasteiger partial charge in [-0.2, -0.15) is 0 Å². The third-order valence-corrected chi connectivity index (χ3v) is 6.48. The molecule has 1 heterocycles. The van der Waals surface area contributed by atoms with Gasteiger partial charge in [0.15, 0.2) is 0 Å². The molecule has 2 N–H and O–H groups in total. The molecule has 0 aliphatic heterocycles. The molecule has 5 rings (SSSR count). The second kappa shape index (κ2) is 4.04. The highest BCUT2D eigenvalue weighted by atomic mass is 32.1. The Labute approximate surface area is 113 Å². The average molecular weight is 262 g/mol. The van der Waals surface area contributed by atoms with E-state index in [-0.39, 0.29) is 6.04 Å². The van der Waals surface area contributed by atoms with Crippen LogP contribution in [0.1, 0.15) is 61.7 Å². The number of thiazole rings is 1. The second-order valence-corrected chi connectivity index (χ2v) is 7.75. The van der Waals surface area contributed by atoms with Crippen molar-refractivity contribution < 1.29 is 0 Å². The summed E-state index contributed by atoms with van der Waals surface area (Å²) in [6, 6.07) is 0.0897. The van der Waals surface area contributed by atoms with Crippen molar-refractivity contribution >= 4 is 11.3 Å². The zero-order chi connectivity index (χ0) is 12.3. The normalized spacial score (nSPS) is 43.3. The third kappa shape index (κ3) is 1.67. The second-order valence-electron chi connectivity index (χ2n) is 6.86. The number of nitrogens with zero attached hydrogens (tertiary/aromatic N) is 1. The standard InChI is InChI=1S/C15H22N2S/c1-8(16)13-7-18-15(17-13)14-11-3-9-2-10(5-11)6-12(14)4-9/h7-12,14H,2-6,16H2,1H3. The summed E-state index contributed by atoms with van der Waals surface area (Å²) in [5, 5.41) is 3.58. The Morgan fingerprint density at radius 1 is 1.17 bits per heavy atom. The van der Waals surface area contributed by atoms with Crippen LogP contribution in [0, 0.1) is 23.7 Å². The fraction of sp³-hybridized carbons (Fsp3) is 0.800. The highest BCUT2D eigenvalue weighted by Gasteiger charge is 2.49. The fourth-order valence-electron chi connectivity index (χ4n) is 4.99. The van der Waals surface area contributed by atoms with Crippen molar-refractivity contribution in [3.63, 3.8) is 0 Å². The molecule has 3 heteroatoms. The lowest BCUT2D eigenvalue weighted by Gasteiger charge is -2.53. The molecule has 1 unspecified atom stereocenters. The van der Waals surface area contributed by atoms with Crippen LogP contribution >= 0.6 is 11.3 Å². The van der Waals surface area contributed by atoms with Crippen molar-refractivity contribution in [1.29, 1.82) is 0 Å². The lowest BCUT2D eigenvalue weighted by Crippen LogP contribution is -2.43. The largest absolute Gasteiger partial charge is 0.323 e. The van der Waals surface area contributed by atoms with Crippen molar-refractivity contribution in [3.05, 3.63) is 16.1 Å². The molecule has 4 aliphatic rings. The summed E-state index contributed by atoms with van der Waals surface area (Å²) in [7, 11) is 0. The number of hydrogen-bond acceptors (Lipinski definition) is 3. The van der Waals surface area contributed by atoms with E-state index in [4.69, 9.17) is 10.7 Å². The lowest BCUT2D eigenvalue weighted by molar-refractivity contribution is -0.00288. The monoisotopic (exact) mass is 262 g/mol. The highest BCUT2D eigenvalue weighted by Crippen LogP contribution is 2.60. The summed E-state index contributed by atoms with van der Waals surface area (Å²) >= 11 is 1.87. The average Bonchev–Trinajstić information content (AvgIpc) is 2.77. The molecule has 4 aliphatic carbocycles. The van der Waals surface area contributed by atoms with Gasteiger partial charge in [-0.25, -0.2) is 4.98 Å². The maximum atomic E-state index is 5.95. The van der Waals surface area contributed by atoms with E-state index in [1.807, 2.05) is 18.3 Å². The van der Waals surface area contributed by atoms with Crippen LogP contribution in [0.4, 0.5) is 0 Å². The van der Waals surface area contributed by atoms with Gasteiger partial charge in [-0.05, 0) is 62.7 Å². The van der Waals surface area contributed by atoms with Crippen molar-refractivity contribution in [3.8, 4) is 0 Å². The Kier molecular flexibility index (Phi) is 2.56. The molecule has 18 heavy (non-hydrogen) atoms. The van der Waals surface area contributed by atoms with Gasteiger partial charge in [-0.1, -0.05) is 0 Å². The van der Waals surface area contributed by atoms with Gasteiger partial charge in [-0.15, -0.1) is 11.3 Å². The summed E-state index contributed by atoms with van der Waals surface area (Å²) in [6.07, 6.45) is 7.44. The number of aromatic nitrogens is 1. The molecule has 1 aromatic rings. The molecular formula is C15H22N2S. The molecule has 0 saturated heterocycles. The Balaban J connectivity index is 1.64. The Morgan fingerprint density at radius 3 is 2.28 bits per heavy atom. The maximum Gasteiger partial charge on any atom is 0.0965 e. The van der Waals surface area contributed by atoms with Crippen LogP contribution in [0.25, 0.3) is 0 Å². The van der Waals surface area contributed by atoms with E-state index < -0.39 is 0 Å². The fourth-order valence-corrected chi connectivity index (χ4v) is 6.20. The summed E-state index contributed by atoms with van der Waals surface area (Å²) < 4.78 is 0. The molecule has 0 aromatic carbocycles. The molecule has 4 fully saturated rings. The van der Waals surface area contributed by atoms with Gasteiger partial charge in [-0.3, -0.25) is 0 Å². The van der Waals surface area contributed by atoms with Crippen LogP contribution in [0.15, 0.2) is 5.38 Å². The Bertz CT molecular complexity index is 423. The molecule has 0 amide bonds. The SMILES string of the molecule is CC(N)c1csc(C2C3CC4CC(C3)CC2C4)n1. The molecule has 4 saturated carbocycles. The number of rotatable bonds is 2. The topological polar surface area (TPSA) is 38.9 Å². The maximum absolute atomic E-state index is 5.95. The smallest absolute Gasteiger partial charge is 0.0965 e. The minimum atomic E-state index is 0.0897. The summed E-state index contributed by atoms with van der Waals surface area (Å²) in [5.41, 5.74) is 7.05. The quantitative estimate of drug-likeness (QED) is 0.882. The summed E-state index contributed by atoms with van der Waals surface area (Å²) in [4.78, 5) is 4.85. The van der Waals surface area contributed by atoms with Crippen LogP contribution in [0.2, 0.25) is 0 Å². The first-order valence-electron chi connectivity index (χ1n) is 7.41. The van der Waals surface area contributed by atoms with Gasteiger partial charge in [0.1, 0.15) is 0 Å². The van der Waals surface area contributed by atoms with Gasteiger partial charge < -0.3 is 5.73 Å². The van der Waals surface area contributed by atoms with Crippen molar-refractivity contribution in [2.75, 3.05) is 0 Å². The first kappa shape index (κ1) is 11.4. The Morgan fingerprint density at radius 2 is 1.78 bits per heavy atom. The third-order valence-electron chi connectivity index (χ3n) is 5.52. The van der Waals surface area contributed by atoms with Gasteiger partial charge >= 0.3 is 0 Å². The van der Waals surface area contributed by atoms with E-state index in [0.29, 0.717) is 0 Å². The molecule has 0 radical (unpaired) electrons. The zero-order valence-corrected chi connectivity index (χ0v) is 11.8. The molecule has 98 valence electrons. The lowest BCUT2D eigenvalue weighted by atomic mass is 9.52. The van der Waals surface area contributed by atoms with Crippen LogP contribution in [0.5, 0.6) is 0 Å². The van der Waals surface area contributed by atoms with Crippen molar-refractivity contribution in [1.82, 2.24) is 4.98 Å². The van der Waals surface area contributed by atoms with E-state index in [1.54, 1.807) is 0 Å². The minimum absolute atomic E-state index is 0.0897. The van der Waals surface area contributed by atoms with Gasteiger partial charge in [0.25, 0.3) is 0 Å².